The van der Waals surface area contributed by atoms with Crippen LogP contribution in [0.25, 0.3) is 0 Å². The molecule has 0 radical (unpaired) electrons. The molecule has 0 spiro atoms. The van der Waals surface area contributed by atoms with Gasteiger partial charge in [-0.05, 0) is 44.7 Å². The van der Waals surface area contributed by atoms with Gasteiger partial charge in [-0.15, -0.1) is 0 Å². The molecule has 4 heteroatoms. The highest BCUT2D eigenvalue weighted by atomic mass is 79.9. The Morgan fingerprint density at radius 1 is 1.10 bits per heavy atom. The maximum atomic E-state index is 4.89. The molecule has 1 aliphatic heterocycles. The van der Waals surface area contributed by atoms with Crippen LogP contribution in [0.15, 0.2) is 12.3 Å². The van der Waals surface area contributed by atoms with Crippen LogP contribution in [-0.4, -0.2) is 32.6 Å². The predicted molar refractivity (Wildman–Crippen MR) is 90.8 cm³/mol. The minimum Gasteiger partial charge on any atom is -0.294 e. The van der Waals surface area contributed by atoms with Crippen molar-refractivity contribution in [1.82, 2.24) is 14.7 Å². The normalized spacial score (nSPS) is 25.3. The quantitative estimate of drug-likeness (QED) is 0.725. The summed E-state index contributed by atoms with van der Waals surface area (Å²) in [6, 6.07) is 3.65. The molecule has 3 nitrogen and oxygen atoms in total. The number of hydrogen-bond acceptors (Lipinski definition) is 2. The first-order valence-corrected chi connectivity index (χ1v) is 9.83. The van der Waals surface area contributed by atoms with Crippen LogP contribution in [-0.2, 0) is 6.54 Å². The van der Waals surface area contributed by atoms with Gasteiger partial charge in [0.05, 0.1) is 11.7 Å². The molecule has 0 bridgehead atoms. The van der Waals surface area contributed by atoms with Crippen molar-refractivity contribution < 1.29 is 0 Å². The fraction of sp³-hybridized carbons (Fsp3) is 0.824. The van der Waals surface area contributed by atoms with E-state index in [1.165, 1.54) is 70.0 Å². The summed E-state index contributed by atoms with van der Waals surface area (Å²) < 4.78 is 2.25. The largest absolute Gasteiger partial charge is 0.294 e. The van der Waals surface area contributed by atoms with Crippen LogP contribution in [0.4, 0.5) is 0 Å². The van der Waals surface area contributed by atoms with Gasteiger partial charge in [-0.3, -0.25) is 9.58 Å². The maximum Gasteiger partial charge on any atom is 0.0765 e. The fourth-order valence-corrected chi connectivity index (χ4v) is 4.47. The molecule has 2 heterocycles. The van der Waals surface area contributed by atoms with Crippen LogP contribution in [0, 0.1) is 0 Å². The van der Waals surface area contributed by atoms with E-state index in [1.54, 1.807) is 0 Å². The van der Waals surface area contributed by atoms with Crippen molar-refractivity contribution in [2.45, 2.75) is 76.4 Å². The number of aromatic nitrogens is 2. The van der Waals surface area contributed by atoms with Crippen molar-refractivity contribution in [1.29, 1.82) is 0 Å². The van der Waals surface area contributed by atoms with Crippen LogP contribution in [0.2, 0.25) is 0 Å². The fourth-order valence-electron chi connectivity index (χ4n) is 3.94. The van der Waals surface area contributed by atoms with Crippen LogP contribution in [0.1, 0.15) is 69.5 Å². The van der Waals surface area contributed by atoms with Crippen LogP contribution in [0.5, 0.6) is 0 Å². The average molecular weight is 354 g/mol. The molecule has 1 saturated heterocycles. The predicted octanol–water partition coefficient (Wildman–Crippen LogP) is 4.53. The van der Waals surface area contributed by atoms with Gasteiger partial charge in [0.25, 0.3) is 0 Å². The van der Waals surface area contributed by atoms with Crippen molar-refractivity contribution in [3.05, 3.63) is 18.0 Å². The summed E-state index contributed by atoms with van der Waals surface area (Å²) in [6.07, 6.45) is 14.4. The third kappa shape index (κ3) is 4.10. The van der Waals surface area contributed by atoms with E-state index in [-0.39, 0.29) is 0 Å². The van der Waals surface area contributed by atoms with Crippen molar-refractivity contribution in [3.8, 4) is 0 Å². The van der Waals surface area contributed by atoms with Crippen LogP contribution >= 0.6 is 15.9 Å². The molecule has 0 N–H and O–H groups in total. The Hall–Kier alpha value is -0.350. The lowest BCUT2D eigenvalue weighted by Crippen LogP contribution is -2.39. The van der Waals surface area contributed by atoms with E-state index in [1.807, 2.05) is 0 Å². The van der Waals surface area contributed by atoms with Gasteiger partial charge in [-0.25, -0.2) is 0 Å². The minimum absolute atomic E-state index is 0.659. The lowest BCUT2D eigenvalue weighted by molar-refractivity contribution is 0.135. The molecular formula is C17H28BrN3. The summed E-state index contributed by atoms with van der Waals surface area (Å²) in [5.41, 5.74) is 1.27. The third-order valence-corrected chi connectivity index (χ3v) is 5.63. The monoisotopic (exact) mass is 353 g/mol. The summed E-state index contributed by atoms with van der Waals surface area (Å²) in [4.78, 5) is 2.65. The molecule has 1 atom stereocenters. The zero-order valence-electron chi connectivity index (χ0n) is 13.0. The van der Waals surface area contributed by atoms with Crippen molar-refractivity contribution in [2.75, 3.05) is 11.9 Å². The van der Waals surface area contributed by atoms with E-state index in [2.05, 4.69) is 37.8 Å². The second-order valence-corrected chi connectivity index (χ2v) is 7.47. The summed E-state index contributed by atoms with van der Waals surface area (Å²) in [6.45, 7) is 2.28. The van der Waals surface area contributed by atoms with Gasteiger partial charge >= 0.3 is 0 Å². The topological polar surface area (TPSA) is 21.1 Å². The van der Waals surface area contributed by atoms with Gasteiger partial charge in [-0.1, -0.05) is 41.6 Å². The Bertz CT molecular complexity index is 423. The number of rotatable bonds is 5. The van der Waals surface area contributed by atoms with Gasteiger partial charge in [-0.2, -0.15) is 5.10 Å². The Morgan fingerprint density at radius 2 is 1.90 bits per heavy atom. The number of alkyl halides is 1. The average Bonchev–Trinajstić information content (AvgIpc) is 2.99. The summed E-state index contributed by atoms with van der Waals surface area (Å²) in [5, 5.41) is 6.00. The molecule has 21 heavy (non-hydrogen) atoms. The Balaban J connectivity index is 1.60. The minimum atomic E-state index is 0.659. The molecule has 1 unspecified atom stereocenters. The first kappa shape index (κ1) is 15.5. The maximum absolute atomic E-state index is 4.89. The Morgan fingerprint density at radius 3 is 2.71 bits per heavy atom. The van der Waals surface area contributed by atoms with Crippen LogP contribution < -0.4 is 0 Å². The molecule has 2 fully saturated rings. The summed E-state index contributed by atoms with van der Waals surface area (Å²) >= 11 is 3.61. The van der Waals surface area contributed by atoms with Crippen molar-refractivity contribution >= 4 is 15.9 Å². The summed E-state index contributed by atoms with van der Waals surface area (Å²) in [5.74, 6) is 0. The van der Waals surface area contributed by atoms with Crippen molar-refractivity contribution in [3.63, 3.8) is 0 Å². The van der Waals surface area contributed by atoms with E-state index in [4.69, 9.17) is 5.10 Å². The first-order valence-electron chi connectivity index (χ1n) is 8.71. The van der Waals surface area contributed by atoms with Crippen molar-refractivity contribution in [2.24, 2.45) is 0 Å². The van der Waals surface area contributed by atoms with E-state index in [0.29, 0.717) is 6.04 Å². The van der Waals surface area contributed by atoms with E-state index >= 15 is 0 Å². The molecule has 0 amide bonds. The van der Waals surface area contributed by atoms with Gasteiger partial charge in [0, 0.05) is 24.1 Å². The highest BCUT2D eigenvalue weighted by Gasteiger charge is 2.23. The standard InChI is InChI=1S/C17H28BrN3/c18-11-9-16-6-4-5-12-20(16)14-15-10-13-21(19-15)17-7-2-1-3-8-17/h10,13,16-17H,1-9,11-12,14H2. The van der Waals surface area contributed by atoms with Crippen LogP contribution in [0.3, 0.4) is 0 Å². The van der Waals surface area contributed by atoms with Gasteiger partial charge in [0.2, 0.25) is 0 Å². The number of nitrogens with zero attached hydrogens (tertiary/aromatic N) is 3. The Labute approximate surface area is 137 Å². The van der Waals surface area contributed by atoms with E-state index in [9.17, 15) is 0 Å². The number of halogens is 1. The molecule has 1 aromatic heterocycles. The molecule has 2 aliphatic rings. The molecule has 118 valence electrons. The smallest absolute Gasteiger partial charge is 0.0765 e. The number of likely N-dealkylation sites (tertiary alicyclic amines) is 1. The molecule has 3 rings (SSSR count). The lowest BCUT2D eigenvalue weighted by atomic mass is 9.96. The third-order valence-electron chi connectivity index (χ3n) is 5.17. The van der Waals surface area contributed by atoms with Gasteiger partial charge in [0.1, 0.15) is 0 Å². The highest BCUT2D eigenvalue weighted by molar-refractivity contribution is 9.09. The van der Waals surface area contributed by atoms with Gasteiger partial charge in [0.15, 0.2) is 0 Å². The summed E-state index contributed by atoms with van der Waals surface area (Å²) in [7, 11) is 0. The number of piperidine rings is 1. The number of hydrogen-bond donors (Lipinski definition) is 0. The SMILES string of the molecule is BrCCC1CCCCN1Cc1ccn(C2CCCCC2)n1. The molecular weight excluding hydrogens is 326 g/mol. The molecule has 1 aromatic rings. The second kappa shape index (κ2) is 7.77. The molecule has 1 saturated carbocycles. The van der Waals surface area contributed by atoms with E-state index in [0.717, 1.165) is 17.9 Å². The highest BCUT2D eigenvalue weighted by Crippen LogP contribution is 2.28. The first-order chi connectivity index (χ1) is 10.4. The Kier molecular flexibility index (Phi) is 5.75. The van der Waals surface area contributed by atoms with E-state index < -0.39 is 0 Å². The zero-order chi connectivity index (χ0) is 14.5. The second-order valence-electron chi connectivity index (χ2n) is 6.68. The molecule has 0 aromatic carbocycles. The molecule has 1 aliphatic carbocycles. The zero-order valence-corrected chi connectivity index (χ0v) is 14.6. The van der Waals surface area contributed by atoms with Gasteiger partial charge < -0.3 is 0 Å². The lowest BCUT2D eigenvalue weighted by Gasteiger charge is -2.35.